The molecule has 0 aromatic heterocycles. The Bertz CT molecular complexity index is 110. The molecule has 1 rings (SSSR count). The minimum absolute atomic E-state index is 0. The number of halogens is 1. The molecule has 0 heterocycles. The maximum Gasteiger partial charge on any atom is -0.0140 e. The Labute approximate surface area is 86.4 Å². The molecule has 0 spiro atoms. The van der Waals surface area contributed by atoms with E-state index in [1.54, 1.807) is 0 Å². The fraction of sp³-hybridized carbons (Fsp3) is 0.333. The fourth-order valence-corrected chi connectivity index (χ4v) is 0.385. The first-order valence-corrected chi connectivity index (χ1v) is 3.34. The number of hydrogen-bond acceptors (Lipinski definition) is 1. The molecule has 0 atom stereocenters. The van der Waals surface area contributed by atoms with Crippen molar-refractivity contribution in [1.82, 2.24) is 4.90 Å². The van der Waals surface area contributed by atoms with Crippen LogP contribution in [0, 0.1) is 0 Å². The minimum Gasteiger partial charge on any atom is -0.312 e. The molecule has 0 amide bonds. The van der Waals surface area contributed by atoms with Crippen molar-refractivity contribution in [3.8, 4) is 0 Å². The van der Waals surface area contributed by atoms with Crippen molar-refractivity contribution in [2.24, 2.45) is 0 Å². The summed E-state index contributed by atoms with van der Waals surface area (Å²) in [5, 5.41) is 0. The van der Waals surface area contributed by atoms with E-state index in [0.29, 0.717) is 0 Å². The maximum atomic E-state index is 2.00. The van der Waals surface area contributed by atoms with Crippen LogP contribution < -0.4 is 0 Å². The van der Waals surface area contributed by atoms with Crippen molar-refractivity contribution in [1.29, 1.82) is 0 Å². The summed E-state index contributed by atoms with van der Waals surface area (Å²) in [6.07, 6.45) is 0. The SMILES string of the molecule is CN(C)C.I.c1ccccc1. The molecule has 0 aliphatic heterocycles. The topological polar surface area (TPSA) is 3.24 Å². The zero-order valence-corrected chi connectivity index (χ0v) is 9.65. The van der Waals surface area contributed by atoms with Crippen LogP contribution in [0.1, 0.15) is 0 Å². The van der Waals surface area contributed by atoms with Gasteiger partial charge in [0.2, 0.25) is 0 Å². The smallest absolute Gasteiger partial charge is 0.0140 e. The zero-order valence-electron chi connectivity index (χ0n) is 7.32. The van der Waals surface area contributed by atoms with E-state index in [9.17, 15) is 0 Å². The van der Waals surface area contributed by atoms with Gasteiger partial charge >= 0.3 is 0 Å². The first kappa shape index (κ1) is 13.5. The number of hydrogen-bond donors (Lipinski definition) is 0. The Morgan fingerprint density at radius 2 is 0.727 bits per heavy atom. The average Bonchev–Trinajstić information content (AvgIpc) is 1.90. The largest absolute Gasteiger partial charge is 0.312 e. The van der Waals surface area contributed by atoms with Gasteiger partial charge in [0.05, 0.1) is 0 Å². The van der Waals surface area contributed by atoms with Crippen molar-refractivity contribution < 1.29 is 0 Å². The third kappa shape index (κ3) is 17.8. The second-order valence-electron chi connectivity index (χ2n) is 2.50. The molecule has 0 N–H and O–H groups in total. The Balaban J connectivity index is 0. The number of rotatable bonds is 0. The van der Waals surface area contributed by atoms with Crippen LogP contribution in [0.5, 0.6) is 0 Å². The van der Waals surface area contributed by atoms with E-state index in [1.807, 2.05) is 62.4 Å². The van der Waals surface area contributed by atoms with Crippen molar-refractivity contribution in [2.45, 2.75) is 0 Å². The summed E-state index contributed by atoms with van der Waals surface area (Å²) < 4.78 is 0. The highest BCUT2D eigenvalue weighted by atomic mass is 127. The van der Waals surface area contributed by atoms with Crippen LogP contribution in [0.4, 0.5) is 0 Å². The molecular weight excluding hydrogens is 249 g/mol. The average molecular weight is 265 g/mol. The van der Waals surface area contributed by atoms with E-state index in [2.05, 4.69) is 0 Å². The van der Waals surface area contributed by atoms with Crippen molar-refractivity contribution >= 4 is 24.0 Å². The first-order valence-electron chi connectivity index (χ1n) is 3.34. The van der Waals surface area contributed by atoms with E-state index in [-0.39, 0.29) is 24.0 Å². The summed E-state index contributed by atoms with van der Waals surface area (Å²) in [5.41, 5.74) is 0. The summed E-state index contributed by atoms with van der Waals surface area (Å²) in [7, 11) is 6.00. The van der Waals surface area contributed by atoms with Gasteiger partial charge in [0.15, 0.2) is 0 Å². The predicted octanol–water partition coefficient (Wildman–Crippen LogP) is 2.48. The first-order chi connectivity index (χ1) is 4.73. The molecule has 1 nitrogen and oxygen atoms in total. The van der Waals surface area contributed by atoms with Crippen LogP contribution in [0.25, 0.3) is 0 Å². The lowest BCUT2D eigenvalue weighted by atomic mass is 10.4. The maximum absolute atomic E-state index is 2.00. The standard InChI is InChI=1S/C6H6.C3H9N.HI/c1-2-4-6-5-3-1;1-4(2)3;/h1-6H;1-3H3;1H. The molecule has 0 aliphatic carbocycles. The van der Waals surface area contributed by atoms with Gasteiger partial charge in [-0.15, -0.1) is 24.0 Å². The van der Waals surface area contributed by atoms with E-state index in [1.165, 1.54) is 0 Å². The van der Waals surface area contributed by atoms with E-state index in [4.69, 9.17) is 0 Å². The van der Waals surface area contributed by atoms with Gasteiger partial charge in [-0.3, -0.25) is 0 Å². The van der Waals surface area contributed by atoms with Crippen LogP contribution in [0.2, 0.25) is 0 Å². The summed E-state index contributed by atoms with van der Waals surface area (Å²) >= 11 is 0. The van der Waals surface area contributed by atoms with Gasteiger partial charge in [0.1, 0.15) is 0 Å². The monoisotopic (exact) mass is 265 g/mol. The van der Waals surface area contributed by atoms with E-state index in [0.717, 1.165) is 0 Å². The Kier molecular flexibility index (Phi) is 12.2. The van der Waals surface area contributed by atoms with Gasteiger partial charge in [-0.1, -0.05) is 36.4 Å². The summed E-state index contributed by atoms with van der Waals surface area (Å²) in [4.78, 5) is 2.00. The van der Waals surface area contributed by atoms with Gasteiger partial charge in [-0.25, -0.2) is 0 Å². The van der Waals surface area contributed by atoms with Crippen LogP contribution in [0.15, 0.2) is 36.4 Å². The van der Waals surface area contributed by atoms with Crippen molar-refractivity contribution in [3.05, 3.63) is 36.4 Å². The number of nitrogens with zero attached hydrogens (tertiary/aromatic N) is 1. The highest BCUT2D eigenvalue weighted by Gasteiger charge is 1.58. The Morgan fingerprint density at radius 3 is 0.818 bits per heavy atom. The van der Waals surface area contributed by atoms with Crippen molar-refractivity contribution in [3.63, 3.8) is 0 Å². The molecule has 0 aliphatic rings. The second kappa shape index (κ2) is 9.91. The second-order valence-corrected chi connectivity index (χ2v) is 2.50. The molecule has 64 valence electrons. The summed E-state index contributed by atoms with van der Waals surface area (Å²) in [6.45, 7) is 0. The molecule has 2 heteroatoms. The third-order valence-corrected chi connectivity index (χ3v) is 0.667. The summed E-state index contributed by atoms with van der Waals surface area (Å²) in [6, 6.07) is 12.0. The lowest BCUT2D eigenvalue weighted by molar-refractivity contribution is 0.505. The van der Waals surface area contributed by atoms with Crippen LogP contribution in [-0.2, 0) is 0 Å². The zero-order chi connectivity index (χ0) is 7.82. The van der Waals surface area contributed by atoms with E-state index < -0.39 is 0 Å². The highest BCUT2D eigenvalue weighted by molar-refractivity contribution is 14.0. The van der Waals surface area contributed by atoms with Gasteiger partial charge in [-0.2, -0.15) is 0 Å². The molecule has 0 unspecified atom stereocenters. The Morgan fingerprint density at radius 1 is 0.636 bits per heavy atom. The molecule has 1 aromatic carbocycles. The van der Waals surface area contributed by atoms with Crippen molar-refractivity contribution in [2.75, 3.05) is 21.1 Å². The van der Waals surface area contributed by atoms with Gasteiger partial charge in [0, 0.05) is 0 Å². The Hall–Kier alpha value is -0.0900. The lowest BCUT2D eigenvalue weighted by Gasteiger charge is -1.90. The fourth-order valence-electron chi connectivity index (χ4n) is 0.385. The molecule has 0 fully saturated rings. The number of benzene rings is 1. The highest BCUT2D eigenvalue weighted by Crippen LogP contribution is 1.79. The predicted molar refractivity (Wildman–Crippen MR) is 61.5 cm³/mol. The molecule has 0 bridgehead atoms. The quantitative estimate of drug-likeness (QED) is 0.651. The molecule has 0 saturated heterocycles. The molecule has 11 heavy (non-hydrogen) atoms. The van der Waals surface area contributed by atoms with Crippen LogP contribution >= 0.6 is 24.0 Å². The minimum atomic E-state index is 0. The molecular formula is C9H16IN. The molecule has 0 radical (unpaired) electrons. The molecule has 1 aromatic rings. The molecule has 0 saturated carbocycles. The van der Waals surface area contributed by atoms with Crippen LogP contribution in [0.3, 0.4) is 0 Å². The van der Waals surface area contributed by atoms with Gasteiger partial charge in [0.25, 0.3) is 0 Å². The third-order valence-electron chi connectivity index (χ3n) is 0.667. The van der Waals surface area contributed by atoms with Gasteiger partial charge in [-0.05, 0) is 21.1 Å². The normalized spacial score (nSPS) is 7.64. The lowest BCUT2D eigenvalue weighted by Crippen LogP contribution is -1.99. The summed E-state index contributed by atoms with van der Waals surface area (Å²) in [5.74, 6) is 0. The van der Waals surface area contributed by atoms with Gasteiger partial charge < -0.3 is 4.90 Å². The van der Waals surface area contributed by atoms with Crippen LogP contribution in [-0.4, -0.2) is 26.0 Å². The van der Waals surface area contributed by atoms with E-state index >= 15 is 0 Å².